The SMILES string of the molecule is Cc1ccc(C(=O)c2c(O)c(O)n(-c3nc4c(Cl)cccc4s3)c2-c2ccc(C)o2)o1. The van der Waals surface area contributed by atoms with Crippen LogP contribution in [-0.4, -0.2) is 25.5 Å². The number of furan rings is 2. The number of rotatable bonds is 4. The molecule has 5 rings (SSSR count). The first-order chi connectivity index (χ1) is 14.8. The Hall–Kier alpha value is -3.49. The molecule has 0 unspecified atom stereocenters. The molecule has 0 aliphatic carbocycles. The summed E-state index contributed by atoms with van der Waals surface area (Å²) in [6.45, 7) is 3.46. The second-order valence-electron chi connectivity index (χ2n) is 6.96. The Morgan fingerprint density at radius 1 is 1.06 bits per heavy atom. The molecule has 0 bridgehead atoms. The summed E-state index contributed by atoms with van der Waals surface area (Å²) in [6, 6.07) is 11.9. The summed E-state index contributed by atoms with van der Waals surface area (Å²) in [5.41, 5.74) is 0.566. The second kappa shape index (κ2) is 7.04. The minimum Gasteiger partial charge on any atom is -0.503 e. The summed E-state index contributed by atoms with van der Waals surface area (Å²) in [6.07, 6.45) is 0. The maximum atomic E-state index is 13.2. The van der Waals surface area contributed by atoms with Crippen LogP contribution in [0.2, 0.25) is 5.02 Å². The number of aryl methyl sites for hydroxylation is 2. The van der Waals surface area contributed by atoms with Crippen molar-refractivity contribution in [2.45, 2.75) is 13.8 Å². The van der Waals surface area contributed by atoms with Gasteiger partial charge in [-0.1, -0.05) is 29.0 Å². The van der Waals surface area contributed by atoms with Crippen molar-refractivity contribution < 1.29 is 23.8 Å². The van der Waals surface area contributed by atoms with Gasteiger partial charge < -0.3 is 19.0 Å². The van der Waals surface area contributed by atoms with Crippen molar-refractivity contribution in [2.75, 3.05) is 0 Å². The minimum absolute atomic E-state index is 0.0295. The van der Waals surface area contributed by atoms with Gasteiger partial charge in [0.15, 0.2) is 22.4 Å². The van der Waals surface area contributed by atoms with Crippen LogP contribution in [0.3, 0.4) is 0 Å². The minimum atomic E-state index is -0.595. The number of benzene rings is 1. The quantitative estimate of drug-likeness (QED) is 0.330. The number of halogens is 1. The third-order valence-electron chi connectivity index (χ3n) is 4.84. The molecule has 0 amide bonds. The number of carbonyl (C=O) groups excluding carboxylic acids is 1. The highest BCUT2D eigenvalue weighted by atomic mass is 35.5. The van der Waals surface area contributed by atoms with Crippen LogP contribution in [0.5, 0.6) is 11.6 Å². The fourth-order valence-corrected chi connectivity index (χ4v) is 4.70. The lowest BCUT2D eigenvalue weighted by molar-refractivity contribution is 0.101. The van der Waals surface area contributed by atoms with Crippen molar-refractivity contribution in [1.82, 2.24) is 9.55 Å². The standard InChI is InChI=1S/C22H15ClN2O5S/c1-10-6-8-13(29-10)18-16(19(26)14-9-7-11(2)30-14)20(27)21(28)25(18)22-24-17-12(23)4-3-5-15(17)31-22/h3-9,27-28H,1-2H3. The molecule has 0 aliphatic rings. The Morgan fingerprint density at radius 3 is 2.45 bits per heavy atom. The van der Waals surface area contributed by atoms with Gasteiger partial charge in [-0.25, -0.2) is 9.55 Å². The normalized spacial score (nSPS) is 11.5. The van der Waals surface area contributed by atoms with Crippen molar-refractivity contribution >= 4 is 38.9 Å². The van der Waals surface area contributed by atoms with Crippen molar-refractivity contribution in [3.05, 3.63) is 70.3 Å². The van der Waals surface area contributed by atoms with Crippen molar-refractivity contribution in [3.63, 3.8) is 0 Å². The van der Waals surface area contributed by atoms with Crippen LogP contribution in [0.4, 0.5) is 0 Å². The van der Waals surface area contributed by atoms with Crippen LogP contribution in [0, 0.1) is 13.8 Å². The highest BCUT2D eigenvalue weighted by molar-refractivity contribution is 7.21. The Balaban J connectivity index is 1.82. The van der Waals surface area contributed by atoms with Crippen LogP contribution in [0.25, 0.3) is 26.8 Å². The molecule has 9 heteroatoms. The fourth-order valence-electron chi connectivity index (χ4n) is 3.42. The van der Waals surface area contributed by atoms with Crippen molar-refractivity contribution in [2.24, 2.45) is 0 Å². The number of hydrogen-bond donors (Lipinski definition) is 2. The van der Waals surface area contributed by atoms with Crippen molar-refractivity contribution in [3.8, 4) is 28.2 Å². The fraction of sp³-hybridized carbons (Fsp3) is 0.0909. The zero-order valence-corrected chi connectivity index (χ0v) is 17.9. The predicted molar refractivity (Wildman–Crippen MR) is 117 cm³/mol. The van der Waals surface area contributed by atoms with Crippen LogP contribution in [0.15, 0.2) is 51.3 Å². The van der Waals surface area contributed by atoms with Gasteiger partial charge in [-0.05, 0) is 50.2 Å². The van der Waals surface area contributed by atoms with E-state index in [1.165, 1.54) is 22.0 Å². The Bertz CT molecular complexity index is 1470. The predicted octanol–water partition coefficient (Wildman–Crippen LogP) is 5.85. The first kappa shape index (κ1) is 19.5. The van der Waals surface area contributed by atoms with E-state index in [0.29, 0.717) is 27.2 Å². The summed E-state index contributed by atoms with van der Waals surface area (Å²) < 4.78 is 13.3. The lowest BCUT2D eigenvalue weighted by Gasteiger charge is -2.06. The Morgan fingerprint density at radius 2 is 1.81 bits per heavy atom. The molecule has 0 saturated carbocycles. The van der Waals surface area contributed by atoms with E-state index in [9.17, 15) is 15.0 Å². The van der Waals surface area contributed by atoms with E-state index >= 15 is 0 Å². The van der Waals surface area contributed by atoms with Crippen LogP contribution in [-0.2, 0) is 0 Å². The first-order valence-corrected chi connectivity index (χ1v) is 10.4. The van der Waals surface area contributed by atoms with Gasteiger partial charge in [-0.15, -0.1) is 0 Å². The number of thiazole rings is 1. The maximum absolute atomic E-state index is 13.2. The molecule has 0 radical (unpaired) electrons. The van der Waals surface area contributed by atoms with Gasteiger partial charge in [0, 0.05) is 0 Å². The van der Waals surface area contributed by atoms with Gasteiger partial charge in [0.2, 0.25) is 11.7 Å². The molecule has 1 aromatic carbocycles. The van der Waals surface area contributed by atoms with E-state index in [0.717, 1.165) is 4.70 Å². The van der Waals surface area contributed by atoms with E-state index in [1.807, 2.05) is 6.07 Å². The molecule has 7 nitrogen and oxygen atoms in total. The average Bonchev–Trinajstić information content (AvgIpc) is 3.49. The summed E-state index contributed by atoms with van der Waals surface area (Å²) in [4.78, 5) is 17.8. The zero-order chi connectivity index (χ0) is 21.9. The Labute approximate surface area is 184 Å². The molecular weight excluding hydrogens is 440 g/mol. The topological polar surface area (TPSA) is 102 Å². The number of fused-ring (bicyclic) bond motifs is 1. The largest absolute Gasteiger partial charge is 0.503 e. The molecule has 4 heterocycles. The maximum Gasteiger partial charge on any atom is 0.242 e. The number of hydrogen-bond acceptors (Lipinski definition) is 7. The summed E-state index contributed by atoms with van der Waals surface area (Å²) in [7, 11) is 0. The van der Waals surface area contributed by atoms with Gasteiger partial charge in [0.05, 0.1) is 9.72 Å². The summed E-state index contributed by atoms with van der Waals surface area (Å²) in [5.74, 6) is -0.266. The molecule has 0 atom stereocenters. The van der Waals surface area contributed by atoms with Gasteiger partial charge in [0.25, 0.3) is 0 Å². The lowest BCUT2D eigenvalue weighted by atomic mass is 10.1. The zero-order valence-electron chi connectivity index (χ0n) is 16.3. The van der Waals surface area contributed by atoms with E-state index < -0.39 is 17.4 Å². The number of aromatic hydroxyl groups is 2. The van der Waals surface area contributed by atoms with Crippen LogP contribution >= 0.6 is 22.9 Å². The molecule has 0 fully saturated rings. The van der Waals surface area contributed by atoms with Gasteiger partial charge in [-0.2, -0.15) is 0 Å². The van der Waals surface area contributed by atoms with E-state index in [2.05, 4.69) is 4.98 Å². The smallest absolute Gasteiger partial charge is 0.242 e. The third kappa shape index (κ3) is 3.03. The first-order valence-electron chi connectivity index (χ1n) is 9.25. The molecule has 156 valence electrons. The van der Waals surface area contributed by atoms with Gasteiger partial charge in [0.1, 0.15) is 28.3 Å². The molecular formula is C22H15ClN2O5S. The number of para-hydroxylation sites is 1. The molecule has 5 aromatic rings. The highest BCUT2D eigenvalue weighted by Gasteiger charge is 2.33. The highest BCUT2D eigenvalue weighted by Crippen LogP contribution is 2.46. The summed E-state index contributed by atoms with van der Waals surface area (Å²) >= 11 is 7.51. The summed E-state index contributed by atoms with van der Waals surface area (Å²) in [5, 5.41) is 22.4. The monoisotopic (exact) mass is 454 g/mol. The van der Waals surface area contributed by atoms with E-state index in [4.69, 9.17) is 20.4 Å². The molecule has 31 heavy (non-hydrogen) atoms. The van der Waals surface area contributed by atoms with Gasteiger partial charge in [-0.3, -0.25) is 4.79 Å². The Kier molecular flexibility index (Phi) is 4.42. The number of carbonyl (C=O) groups is 1. The second-order valence-corrected chi connectivity index (χ2v) is 8.38. The number of aromatic nitrogens is 2. The van der Waals surface area contributed by atoms with Gasteiger partial charge >= 0.3 is 0 Å². The van der Waals surface area contributed by atoms with E-state index in [1.54, 1.807) is 44.2 Å². The van der Waals surface area contributed by atoms with E-state index in [-0.39, 0.29) is 22.8 Å². The third-order valence-corrected chi connectivity index (χ3v) is 6.15. The number of ketones is 1. The molecule has 0 saturated heterocycles. The lowest BCUT2D eigenvalue weighted by Crippen LogP contribution is -2.03. The van der Waals surface area contributed by atoms with Crippen molar-refractivity contribution in [1.29, 1.82) is 0 Å². The van der Waals surface area contributed by atoms with Crippen LogP contribution in [0.1, 0.15) is 27.6 Å². The molecule has 0 aliphatic heterocycles. The molecule has 4 aromatic heterocycles. The molecule has 0 spiro atoms. The number of nitrogens with zero attached hydrogens (tertiary/aromatic N) is 2. The van der Waals surface area contributed by atoms with Crippen LogP contribution < -0.4 is 0 Å². The average molecular weight is 455 g/mol. The molecule has 2 N–H and O–H groups in total.